The zero-order chi connectivity index (χ0) is 12.3. The average Bonchev–Trinajstić information content (AvgIpc) is 2.76. The zero-order valence-electron chi connectivity index (χ0n) is 10.2. The Bertz CT molecular complexity index is 319. The maximum atomic E-state index is 11.6. The van der Waals surface area contributed by atoms with E-state index in [1.807, 2.05) is 4.90 Å². The van der Waals surface area contributed by atoms with E-state index in [9.17, 15) is 9.59 Å². The van der Waals surface area contributed by atoms with Gasteiger partial charge in [0.05, 0.1) is 0 Å². The van der Waals surface area contributed by atoms with Crippen molar-refractivity contribution in [3.05, 3.63) is 12.7 Å². The number of hydrogen-bond acceptors (Lipinski definition) is 2. The van der Waals surface area contributed by atoms with E-state index in [1.54, 1.807) is 0 Å². The van der Waals surface area contributed by atoms with Crippen LogP contribution in [-0.4, -0.2) is 35.3 Å². The molecule has 0 aromatic carbocycles. The molecule has 0 aromatic rings. The van der Waals surface area contributed by atoms with Crippen LogP contribution < -0.4 is 5.32 Å². The third-order valence-corrected chi connectivity index (χ3v) is 3.78. The van der Waals surface area contributed by atoms with Gasteiger partial charge in [-0.3, -0.25) is 9.59 Å². The molecular formula is C13H20N2O2. The minimum Gasteiger partial charge on any atom is -0.350 e. The Hall–Kier alpha value is -1.32. The molecule has 17 heavy (non-hydrogen) atoms. The summed E-state index contributed by atoms with van der Waals surface area (Å²) in [6.45, 7) is 4.37. The third kappa shape index (κ3) is 2.87. The molecule has 2 rings (SSSR count). The van der Waals surface area contributed by atoms with Crippen molar-refractivity contribution >= 4 is 11.8 Å². The number of nitrogens with one attached hydrogen (secondary N) is 1. The maximum absolute atomic E-state index is 11.6. The van der Waals surface area contributed by atoms with Crippen molar-refractivity contribution in [2.24, 2.45) is 0 Å². The molecule has 0 aromatic heterocycles. The molecule has 4 nitrogen and oxygen atoms in total. The van der Waals surface area contributed by atoms with Crippen LogP contribution in [0.15, 0.2) is 12.7 Å². The van der Waals surface area contributed by atoms with Gasteiger partial charge in [-0.15, -0.1) is 0 Å². The summed E-state index contributed by atoms with van der Waals surface area (Å²) < 4.78 is 0. The fraction of sp³-hybridized carbons (Fsp3) is 0.692. The summed E-state index contributed by atoms with van der Waals surface area (Å²) in [5, 5.41) is 2.93. The van der Waals surface area contributed by atoms with Gasteiger partial charge in [-0.1, -0.05) is 6.58 Å². The van der Waals surface area contributed by atoms with Gasteiger partial charge in [-0.2, -0.15) is 0 Å². The van der Waals surface area contributed by atoms with Gasteiger partial charge in [-0.05, 0) is 38.2 Å². The second-order valence-electron chi connectivity index (χ2n) is 4.91. The summed E-state index contributed by atoms with van der Waals surface area (Å²) in [7, 11) is 0. The van der Waals surface area contributed by atoms with Crippen molar-refractivity contribution in [3.63, 3.8) is 0 Å². The Morgan fingerprint density at radius 1 is 1.35 bits per heavy atom. The van der Waals surface area contributed by atoms with Crippen LogP contribution in [0.1, 0.15) is 38.5 Å². The van der Waals surface area contributed by atoms with Gasteiger partial charge in [-0.25, -0.2) is 0 Å². The first-order chi connectivity index (χ1) is 8.20. The van der Waals surface area contributed by atoms with E-state index in [-0.39, 0.29) is 11.9 Å². The van der Waals surface area contributed by atoms with Gasteiger partial charge in [0.2, 0.25) is 11.8 Å². The van der Waals surface area contributed by atoms with Crippen LogP contribution in [0.5, 0.6) is 0 Å². The highest BCUT2D eigenvalue weighted by atomic mass is 16.2. The van der Waals surface area contributed by atoms with E-state index >= 15 is 0 Å². The quantitative estimate of drug-likeness (QED) is 0.749. The SMILES string of the molecule is C=CC(=O)NC1CCC(N2CCCC2=O)CC1. The van der Waals surface area contributed by atoms with Crippen LogP contribution in [0.25, 0.3) is 0 Å². The first-order valence-electron chi connectivity index (χ1n) is 6.43. The summed E-state index contributed by atoms with van der Waals surface area (Å²) in [6, 6.07) is 0.663. The Kier molecular flexibility index (Phi) is 3.82. The molecule has 0 atom stereocenters. The van der Waals surface area contributed by atoms with Gasteiger partial charge >= 0.3 is 0 Å². The molecular weight excluding hydrogens is 216 g/mol. The first kappa shape index (κ1) is 12.1. The van der Waals surface area contributed by atoms with E-state index in [2.05, 4.69) is 11.9 Å². The van der Waals surface area contributed by atoms with Crippen LogP contribution in [0.4, 0.5) is 0 Å². The Morgan fingerprint density at radius 3 is 2.59 bits per heavy atom. The lowest BCUT2D eigenvalue weighted by Gasteiger charge is -2.34. The Labute approximate surface area is 102 Å². The molecule has 1 aliphatic carbocycles. The number of carbonyl (C=O) groups excluding carboxylic acids is 2. The number of likely N-dealkylation sites (tertiary alicyclic amines) is 1. The van der Waals surface area contributed by atoms with Gasteiger partial charge in [0.1, 0.15) is 0 Å². The van der Waals surface area contributed by atoms with Crippen LogP contribution >= 0.6 is 0 Å². The highest BCUT2D eigenvalue weighted by molar-refractivity contribution is 5.87. The summed E-state index contributed by atoms with van der Waals surface area (Å²) in [4.78, 5) is 24.8. The van der Waals surface area contributed by atoms with Crippen LogP contribution in [0, 0.1) is 0 Å². The number of amides is 2. The van der Waals surface area contributed by atoms with E-state index in [0.717, 1.165) is 38.6 Å². The number of carbonyl (C=O) groups is 2. The molecule has 2 fully saturated rings. The average molecular weight is 236 g/mol. The number of rotatable bonds is 3. The molecule has 1 saturated heterocycles. The first-order valence-corrected chi connectivity index (χ1v) is 6.43. The van der Waals surface area contributed by atoms with Crippen molar-refractivity contribution in [2.45, 2.75) is 50.6 Å². The van der Waals surface area contributed by atoms with Crippen molar-refractivity contribution in [1.82, 2.24) is 10.2 Å². The predicted molar refractivity (Wildman–Crippen MR) is 65.3 cm³/mol. The molecule has 1 heterocycles. The fourth-order valence-electron chi connectivity index (χ4n) is 2.85. The highest BCUT2D eigenvalue weighted by Gasteiger charge is 2.31. The van der Waals surface area contributed by atoms with E-state index in [0.29, 0.717) is 18.4 Å². The topological polar surface area (TPSA) is 49.4 Å². The second-order valence-corrected chi connectivity index (χ2v) is 4.91. The van der Waals surface area contributed by atoms with E-state index < -0.39 is 0 Å². The highest BCUT2D eigenvalue weighted by Crippen LogP contribution is 2.26. The van der Waals surface area contributed by atoms with Gasteiger partial charge < -0.3 is 10.2 Å². The molecule has 2 aliphatic rings. The lowest BCUT2D eigenvalue weighted by Crippen LogP contribution is -2.44. The number of hydrogen-bond donors (Lipinski definition) is 1. The molecule has 0 bridgehead atoms. The van der Waals surface area contributed by atoms with Crippen LogP contribution in [0.2, 0.25) is 0 Å². The summed E-state index contributed by atoms with van der Waals surface area (Å²) >= 11 is 0. The Morgan fingerprint density at radius 2 is 2.06 bits per heavy atom. The largest absolute Gasteiger partial charge is 0.350 e. The zero-order valence-corrected chi connectivity index (χ0v) is 10.2. The van der Waals surface area contributed by atoms with Crippen molar-refractivity contribution < 1.29 is 9.59 Å². The lowest BCUT2D eigenvalue weighted by atomic mass is 9.90. The normalized spacial score (nSPS) is 29.2. The van der Waals surface area contributed by atoms with E-state index in [1.165, 1.54) is 6.08 Å². The van der Waals surface area contributed by atoms with E-state index in [4.69, 9.17) is 0 Å². The second kappa shape index (κ2) is 5.34. The smallest absolute Gasteiger partial charge is 0.243 e. The van der Waals surface area contributed by atoms with Crippen molar-refractivity contribution in [3.8, 4) is 0 Å². The molecule has 4 heteroatoms. The molecule has 1 aliphatic heterocycles. The molecule has 94 valence electrons. The predicted octanol–water partition coefficient (Wildman–Crippen LogP) is 1.22. The molecule has 1 N–H and O–H groups in total. The molecule has 1 saturated carbocycles. The number of nitrogens with zero attached hydrogens (tertiary/aromatic N) is 1. The molecule has 0 unspecified atom stereocenters. The molecule has 0 spiro atoms. The van der Waals surface area contributed by atoms with Crippen LogP contribution in [0.3, 0.4) is 0 Å². The minimum atomic E-state index is -0.0919. The van der Waals surface area contributed by atoms with Crippen LogP contribution in [-0.2, 0) is 9.59 Å². The third-order valence-electron chi connectivity index (χ3n) is 3.78. The lowest BCUT2D eigenvalue weighted by molar-refractivity contribution is -0.130. The standard InChI is InChI=1S/C13H20N2O2/c1-2-12(16)14-10-5-7-11(8-6-10)15-9-3-4-13(15)17/h2,10-11H,1,3-9H2,(H,14,16). The summed E-state index contributed by atoms with van der Waals surface area (Å²) in [6.07, 6.45) is 6.99. The van der Waals surface area contributed by atoms with Crippen molar-refractivity contribution in [1.29, 1.82) is 0 Å². The minimum absolute atomic E-state index is 0.0919. The monoisotopic (exact) mass is 236 g/mol. The summed E-state index contributed by atoms with van der Waals surface area (Å²) in [5.41, 5.74) is 0. The van der Waals surface area contributed by atoms with Gasteiger partial charge in [0.15, 0.2) is 0 Å². The van der Waals surface area contributed by atoms with Gasteiger partial charge in [0.25, 0.3) is 0 Å². The van der Waals surface area contributed by atoms with Crippen molar-refractivity contribution in [2.75, 3.05) is 6.54 Å². The van der Waals surface area contributed by atoms with Gasteiger partial charge in [0, 0.05) is 25.0 Å². The summed E-state index contributed by atoms with van der Waals surface area (Å²) in [5.74, 6) is 0.217. The maximum Gasteiger partial charge on any atom is 0.243 e. The fourth-order valence-corrected chi connectivity index (χ4v) is 2.85. The molecule has 0 radical (unpaired) electrons. The Balaban J connectivity index is 1.79. The molecule has 2 amide bonds.